The first-order valence-electron chi connectivity index (χ1n) is 6.46. The van der Waals surface area contributed by atoms with Gasteiger partial charge in [0, 0.05) is 6.42 Å². The van der Waals surface area contributed by atoms with Gasteiger partial charge in [-0.2, -0.15) is 0 Å². The molecule has 0 aromatic heterocycles. The van der Waals surface area contributed by atoms with Crippen molar-refractivity contribution < 1.29 is 24.9 Å². The Morgan fingerprint density at radius 3 is 2.38 bits per heavy atom. The molecule has 5 nitrogen and oxygen atoms in total. The molecule has 0 radical (unpaired) electrons. The smallest absolute Gasteiger partial charge is 0.335 e. The predicted octanol–water partition coefficient (Wildman–Crippen LogP) is 1.74. The highest BCUT2D eigenvalue weighted by molar-refractivity contribution is 5.74. The number of phenols is 2. The second-order valence-corrected chi connectivity index (χ2v) is 4.64. The number of hydrogen-bond acceptors (Lipinski definition) is 5. The lowest BCUT2D eigenvalue weighted by molar-refractivity contribution is -0.154. The van der Waals surface area contributed by atoms with Gasteiger partial charge in [0.05, 0.1) is 0 Å². The maximum Gasteiger partial charge on any atom is 0.335 e. The molecule has 0 unspecified atom stereocenters. The van der Waals surface area contributed by atoms with Crippen LogP contribution in [-0.2, 0) is 22.6 Å². The number of hydrogen-bond donors (Lipinski definition) is 3. The van der Waals surface area contributed by atoms with Gasteiger partial charge in [0.25, 0.3) is 0 Å². The van der Waals surface area contributed by atoms with Gasteiger partial charge in [-0.05, 0) is 23.3 Å². The number of aliphatic hydroxyl groups is 1. The van der Waals surface area contributed by atoms with Crippen molar-refractivity contribution in [3.8, 4) is 11.5 Å². The molecule has 0 heterocycles. The number of ether oxygens (including phenoxy) is 1. The van der Waals surface area contributed by atoms with Crippen LogP contribution >= 0.6 is 0 Å². The molecule has 2 rings (SSSR count). The van der Waals surface area contributed by atoms with Crippen LogP contribution in [0.1, 0.15) is 11.1 Å². The topological polar surface area (TPSA) is 87.0 Å². The molecule has 0 amide bonds. The fourth-order valence-electron chi connectivity index (χ4n) is 1.83. The summed E-state index contributed by atoms with van der Waals surface area (Å²) < 4.78 is 5.02. The highest BCUT2D eigenvalue weighted by Gasteiger charge is 2.18. The van der Waals surface area contributed by atoms with Crippen LogP contribution in [0, 0.1) is 0 Å². The van der Waals surface area contributed by atoms with E-state index in [2.05, 4.69) is 0 Å². The number of phenolic OH excluding ortho intramolecular Hbond substituents is 2. The Morgan fingerprint density at radius 2 is 1.71 bits per heavy atom. The van der Waals surface area contributed by atoms with Gasteiger partial charge in [-0.3, -0.25) is 0 Å². The van der Waals surface area contributed by atoms with Crippen molar-refractivity contribution in [3.05, 3.63) is 59.7 Å². The molecule has 2 aromatic carbocycles. The summed E-state index contributed by atoms with van der Waals surface area (Å²) in [5, 5.41) is 28.3. The van der Waals surface area contributed by atoms with Crippen molar-refractivity contribution in [1.82, 2.24) is 0 Å². The third kappa shape index (κ3) is 4.22. The van der Waals surface area contributed by atoms with Crippen LogP contribution in [0.5, 0.6) is 11.5 Å². The molecule has 0 saturated carbocycles. The van der Waals surface area contributed by atoms with E-state index in [0.29, 0.717) is 5.56 Å². The summed E-state index contributed by atoms with van der Waals surface area (Å²) in [4.78, 5) is 11.7. The van der Waals surface area contributed by atoms with Gasteiger partial charge >= 0.3 is 5.97 Å². The minimum Gasteiger partial charge on any atom is -0.504 e. The molecule has 0 aliphatic heterocycles. The zero-order valence-corrected chi connectivity index (χ0v) is 11.3. The Bertz CT molecular complexity index is 609. The number of aliphatic hydroxyl groups excluding tert-OH is 1. The number of rotatable bonds is 5. The fourth-order valence-corrected chi connectivity index (χ4v) is 1.83. The first kappa shape index (κ1) is 14.9. The summed E-state index contributed by atoms with van der Waals surface area (Å²) in [5.74, 6) is -1.27. The fraction of sp³-hybridized carbons (Fsp3) is 0.188. The van der Waals surface area contributed by atoms with E-state index in [9.17, 15) is 20.1 Å². The van der Waals surface area contributed by atoms with E-state index < -0.39 is 12.1 Å². The van der Waals surface area contributed by atoms with Gasteiger partial charge < -0.3 is 20.1 Å². The molecule has 0 saturated heterocycles. The molecule has 0 aliphatic rings. The van der Waals surface area contributed by atoms with Crippen LogP contribution in [0.25, 0.3) is 0 Å². The third-order valence-electron chi connectivity index (χ3n) is 2.96. The van der Waals surface area contributed by atoms with Gasteiger partial charge in [-0.1, -0.05) is 36.4 Å². The average Bonchev–Trinajstić information content (AvgIpc) is 2.49. The van der Waals surface area contributed by atoms with E-state index in [1.54, 1.807) is 0 Å². The van der Waals surface area contributed by atoms with Gasteiger partial charge in [0.15, 0.2) is 17.6 Å². The molecule has 0 fully saturated rings. The molecule has 21 heavy (non-hydrogen) atoms. The Morgan fingerprint density at radius 1 is 1.00 bits per heavy atom. The van der Waals surface area contributed by atoms with Crippen LogP contribution < -0.4 is 0 Å². The molecule has 0 bridgehead atoms. The Hall–Kier alpha value is -2.53. The number of aromatic hydroxyl groups is 2. The van der Waals surface area contributed by atoms with Crippen molar-refractivity contribution in [2.75, 3.05) is 0 Å². The van der Waals surface area contributed by atoms with Gasteiger partial charge in [0.1, 0.15) is 6.61 Å². The van der Waals surface area contributed by atoms with Crippen LogP contribution in [0.15, 0.2) is 48.5 Å². The zero-order valence-electron chi connectivity index (χ0n) is 11.3. The molecule has 5 heteroatoms. The molecular weight excluding hydrogens is 272 g/mol. The van der Waals surface area contributed by atoms with E-state index in [1.165, 1.54) is 18.2 Å². The monoisotopic (exact) mass is 288 g/mol. The maximum atomic E-state index is 11.7. The highest BCUT2D eigenvalue weighted by atomic mass is 16.5. The second-order valence-electron chi connectivity index (χ2n) is 4.64. The van der Waals surface area contributed by atoms with Crippen molar-refractivity contribution in [1.29, 1.82) is 0 Å². The molecular formula is C16H16O5. The summed E-state index contributed by atoms with van der Waals surface area (Å²) in [6.07, 6.45) is -1.32. The normalized spacial score (nSPS) is 11.9. The lowest BCUT2D eigenvalue weighted by atomic mass is 10.1. The number of esters is 1. The third-order valence-corrected chi connectivity index (χ3v) is 2.96. The van der Waals surface area contributed by atoms with Crippen molar-refractivity contribution in [2.45, 2.75) is 19.1 Å². The van der Waals surface area contributed by atoms with Crippen molar-refractivity contribution in [2.24, 2.45) is 0 Å². The van der Waals surface area contributed by atoms with Gasteiger partial charge in [-0.15, -0.1) is 0 Å². The number of carbonyl (C=O) groups excluding carboxylic acids is 1. The SMILES string of the molecule is O=C(OCc1ccccc1)[C@H](O)Cc1ccc(O)c(O)c1. The minimum absolute atomic E-state index is 0.00145. The number of benzene rings is 2. The standard InChI is InChI=1S/C16H16O5/c17-13-7-6-12(8-14(13)18)9-15(19)16(20)21-10-11-4-2-1-3-5-11/h1-8,15,17-19H,9-10H2/t15-/m1/s1. The first-order valence-corrected chi connectivity index (χ1v) is 6.46. The summed E-state index contributed by atoms with van der Waals surface area (Å²) in [6.45, 7) is 0.0948. The van der Waals surface area contributed by atoms with Crippen molar-refractivity contribution in [3.63, 3.8) is 0 Å². The first-order chi connectivity index (χ1) is 10.1. The van der Waals surface area contributed by atoms with Crippen LogP contribution in [-0.4, -0.2) is 27.4 Å². The summed E-state index contributed by atoms with van der Waals surface area (Å²) in [5.41, 5.74) is 1.36. The van der Waals surface area contributed by atoms with Crippen LogP contribution in [0.4, 0.5) is 0 Å². The quantitative estimate of drug-likeness (QED) is 0.576. The maximum absolute atomic E-state index is 11.7. The average molecular weight is 288 g/mol. The number of carbonyl (C=O) groups is 1. The molecule has 2 aromatic rings. The van der Waals surface area contributed by atoms with E-state index in [4.69, 9.17) is 4.74 Å². The highest BCUT2D eigenvalue weighted by Crippen LogP contribution is 2.25. The summed E-state index contributed by atoms with van der Waals surface area (Å²) in [6, 6.07) is 13.3. The molecule has 3 N–H and O–H groups in total. The van der Waals surface area contributed by atoms with Crippen molar-refractivity contribution >= 4 is 5.97 Å². The van der Waals surface area contributed by atoms with Gasteiger partial charge in [-0.25, -0.2) is 4.79 Å². The van der Waals surface area contributed by atoms with Gasteiger partial charge in [0.2, 0.25) is 0 Å². The van der Waals surface area contributed by atoms with E-state index in [-0.39, 0.29) is 24.5 Å². The molecule has 110 valence electrons. The van der Waals surface area contributed by atoms with E-state index >= 15 is 0 Å². The molecule has 0 aliphatic carbocycles. The summed E-state index contributed by atoms with van der Waals surface area (Å²) in [7, 11) is 0. The minimum atomic E-state index is -1.32. The molecule has 0 spiro atoms. The van der Waals surface area contributed by atoms with Crippen LogP contribution in [0.2, 0.25) is 0 Å². The van der Waals surface area contributed by atoms with E-state index in [1.807, 2.05) is 30.3 Å². The Kier molecular flexibility index (Phi) is 4.79. The Labute approximate surface area is 122 Å². The lowest BCUT2D eigenvalue weighted by Gasteiger charge is -2.11. The Balaban J connectivity index is 1.88. The molecule has 1 atom stereocenters. The van der Waals surface area contributed by atoms with Crippen LogP contribution in [0.3, 0.4) is 0 Å². The summed E-state index contributed by atoms with van der Waals surface area (Å²) >= 11 is 0. The predicted molar refractivity (Wildman–Crippen MR) is 75.7 cm³/mol. The zero-order chi connectivity index (χ0) is 15.2. The van der Waals surface area contributed by atoms with E-state index in [0.717, 1.165) is 5.56 Å². The lowest BCUT2D eigenvalue weighted by Crippen LogP contribution is -2.25. The second kappa shape index (κ2) is 6.76. The largest absolute Gasteiger partial charge is 0.504 e.